The van der Waals surface area contributed by atoms with Crippen LogP contribution in [0.2, 0.25) is 0 Å². The molecule has 0 radical (unpaired) electrons. The third-order valence-corrected chi connectivity index (χ3v) is 6.88. The van der Waals surface area contributed by atoms with Crippen LogP contribution in [0.4, 0.5) is 8.78 Å². The highest BCUT2D eigenvalue weighted by molar-refractivity contribution is 7.19. The maximum Gasteiger partial charge on any atom is 0.241 e. The van der Waals surface area contributed by atoms with E-state index in [2.05, 4.69) is 23.1 Å². The van der Waals surface area contributed by atoms with Crippen LogP contribution in [0, 0.1) is 12.8 Å². The molecule has 0 aromatic carbocycles. The third kappa shape index (κ3) is 2.72. The predicted molar refractivity (Wildman–Crippen MR) is 103 cm³/mol. The van der Waals surface area contributed by atoms with Gasteiger partial charge >= 0.3 is 0 Å². The fourth-order valence-electron chi connectivity index (χ4n) is 3.92. The molecule has 7 heteroatoms. The van der Waals surface area contributed by atoms with Crippen molar-refractivity contribution in [3.05, 3.63) is 41.0 Å². The number of aromatic nitrogens is 4. The van der Waals surface area contributed by atoms with E-state index in [1.54, 1.807) is 22.2 Å². The zero-order chi connectivity index (χ0) is 18.7. The van der Waals surface area contributed by atoms with E-state index >= 15 is 0 Å². The molecular formula is C20H18F2N4S. The summed E-state index contributed by atoms with van der Waals surface area (Å²) in [5, 5.41) is 6.40. The molecule has 0 atom stereocenters. The monoisotopic (exact) mass is 384 g/mol. The second-order valence-electron chi connectivity index (χ2n) is 7.34. The number of pyridine rings is 2. The average molecular weight is 384 g/mol. The Morgan fingerprint density at radius 3 is 2.85 bits per heavy atom. The molecule has 1 fully saturated rings. The summed E-state index contributed by atoms with van der Waals surface area (Å²) in [5.41, 5.74) is 3.72. The molecule has 1 saturated carbocycles. The summed E-state index contributed by atoms with van der Waals surface area (Å²) in [7, 11) is 1.88. The van der Waals surface area contributed by atoms with Gasteiger partial charge in [-0.15, -0.1) is 11.3 Å². The summed E-state index contributed by atoms with van der Waals surface area (Å²) in [6, 6.07) is 6.14. The molecule has 4 heterocycles. The molecule has 4 aromatic heterocycles. The normalized spacial score (nSPS) is 19.9. The molecule has 1 aliphatic carbocycles. The molecule has 4 aromatic rings. The van der Waals surface area contributed by atoms with Crippen molar-refractivity contribution in [3.63, 3.8) is 0 Å². The van der Waals surface area contributed by atoms with Crippen LogP contribution in [0.25, 0.3) is 32.5 Å². The third-order valence-electron chi connectivity index (χ3n) is 5.51. The van der Waals surface area contributed by atoms with E-state index in [-0.39, 0.29) is 5.92 Å². The molecular weight excluding hydrogens is 366 g/mol. The Balaban J connectivity index is 1.51. The van der Waals surface area contributed by atoms with Crippen LogP contribution in [0.3, 0.4) is 0 Å². The lowest BCUT2D eigenvalue weighted by atomic mass is 9.73. The first-order valence-corrected chi connectivity index (χ1v) is 9.79. The minimum Gasteiger partial charge on any atom is -0.273 e. The van der Waals surface area contributed by atoms with Gasteiger partial charge in [0, 0.05) is 46.6 Å². The predicted octanol–water partition coefficient (Wildman–Crippen LogP) is 5.31. The summed E-state index contributed by atoms with van der Waals surface area (Å²) in [5.74, 6) is -0.194. The van der Waals surface area contributed by atoms with Crippen LogP contribution in [0.1, 0.15) is 29.2 Å². The van der Waals surface area contributed by atoms with Gasteiger partial charge in [0.15, 0.2) is 5.65 Å². The van der Waals surface area contributed by atoms with Gasteiger partial charge in [0.25, 0.3) is 0 Å². The lowest BCUT2D eigenvalue weighted by molar-refractivity contribution is 0.0232. The SMILES string of the molecule is Cc1c(C2CC(C(F)F)C2)sc2nc(-c3cnc4nn(C)cc4c3)ccc12. The van der Waals surface area contributed by atoms with Crippen LogP contribution in [-0.4, -0.2) is 26.2 Å². The number of alkyl halides is 2. The van der Waals surface area contributed by atoms with Crippen LogP contribution in [-0.2, 0) is 7.05 Å². The van der Waals surface area contributed by atoms with Crippen molar-refractivity contribution < 1.29 is 8.78 Å². The first-order valence-electron chi connectivity index (χ1n) is 8.97. The molecule has 0 spiro atoms. The second kappa shape index (κ2) is 6.05. The van der Waals surface area contributed by atoms with E-state index in [0.717, 1.165) is 32.5 Å². The fraction of sp³-hybridized carbons (Fsp3) is 0.350. The standard InChI is InChI=1S/C20H18F2N4S/c1-10-15-3-4-16(13-7-14-9-26(2)25-19(14)23-8-13)24-20(15)27-17(10)11-5-12(6-11)18(21)22/h3-4,7-9,11-12,18H,5-6H2,1-2H3. The lowest BCUT2D eigenvalue weighted by Crippen LogP contribution is -2.27. The van der Waals surface area contributed by atoms with Crippen molar-refractivity contribution in [2.24, 2.45) is 13.0 Å². The zero-order valence-electron chi connectivity index (χ0n) is 15.0. The zero-order valence-corrected chi connectivity index (χ0v) is 15.8. The molecule has 0 amide bonds. The molecule has 138 valence electrons. The minimum absolute atomic E-state index is 0.250. The van der Waals surface area contributed by atoms with Gasteiger partial charge in [0.05, 0.1) is 5.69 Å². The molecule has 5 rings (SSSR count). The van der Waals surface area contributed by atoms with Crippen molar-refractivity contribution in [2.45, 2.75) is 32.1 Å². The van der Waals surface area contributed by atoms with Crippen LogP contribution in [0.15, 0.2) is 30.6 Å². The first kappa shape index (κ1) is 16.7. The van der Waals surface area contributed by atoms with Crippen LogP contribution >= 0.6 is 11.3 Å². The highest BCUT2D eigenvalue weighted by atomic mass is 32.1. The van der Waals surface area contributed by atoms with E-state index < -0.39 is 12.3 Å². The second-order valence-corrected chi connectivity index (χ2v) is 8.37. The van der Waals surface area contributed by atoms with E-state index in [1.165, 1.54) is 10.4 Å². The van der Waals surface area contributed by atoms with Crippen LogP contribution < -0.4 is 0 Å². The van der Waals surface area contributed by atoms with Gasteiger partial charge in [-0.2, -0.15) is 5.10 Å². The maximum absolute atomic E-state index is 12.8. The minimum atomic E-state index is -2.20. The average Bonchev–Trinajstić information content (AvgIpc) is 3.12. The first-order chi connectivity index (χ1) is 13.0. The van der Waals surface area contributed by atoms with Gasteiger partial charge in [-0.05, 0) is 49.4 Å². The molecule has 4 nitrogen and oxygen atoms in total. The Morgan fingerprint density at radius 1 is 1.26 bits per heavy atom. The summed E-state index contributed by atoms with van der Waals surface area (Å²) >= 11 is 1.65. The van der Waals surface area contributed by atoms with E-state index in [9.17, 15) is 8.78 Å². The molecule has 1 aliphatic rings. The summed E-state index contributed by atoms with van der Waals surface area (Å²) in [6.07, 6.45) is 2.70. The van der Waals surface area contributed by atoms with Gasteiger partial charge in [-0.3, -0.25) is 4.68 Å². The highest BCUT2D eigenvalue weighted by Crippen LogP contribution is 2.49. The maximum atomic E-state index is 12.8. The molecule has 0 saturated heterocycles. The van der Waals surface area contributed by atoms with Gasteiger partial charge in [0.1, 0.15) is 4.83 Å². The highest BCUT2D eigenvalue weighted by Gasteiger charge is 2.38. The van der Waals surface area contributed by atoms with E-state index in [0.29, 0.717) is 12.8 Å². The number of aryl methyl sites for hydroxylation is 2. The van der Waals surface area contributed by atoms with Crippen LogP contribution in [0.5, 0.6) is 0 Å². The number of thiophene rings is 1. The van der Waals surface area contributed by atoms with Crippen molar-refractivity contribution >= 4 is 32.6 Å². The number of fused-ring (bicyclic) bond motifs is 2. The Labute approximate surface area is 158 Å². The molecule has 0 aliphatic heterocycles. The topological polar surface area (TPSA) is 43.6 Å². The van der Waals surface area contributed by atoms with Gasteiger partial charge in [-0.1, -0.05) is 0 Å². The van der Waals surface area contributed by atoms with Gasteiger partial charge in [-0.25, -0.2) is 18.7 Å². The molecule has 27 heavy (non-hydrogen) atoms. The number of halogens is 2. The van der Waals surface area contributed by atoms with Crippen molar-refractivity contribution in [1.29, 1.82) is 0 Å². The largest absolute Gasteiger partial charge is 0.273 e. The Hall–Kier alpha value is -2.41. The Kier molecular flexibility index (Phi) is 3.75. The Bertz CT molecular complexity index is 1160. The van der Waals surface area contributed by atoms with Crippen molar-refractivity contribution in [3.8, 4) is 11.3 Å². The van der Waals surface area contributed by atoms with Crippen molar-refractivity contribution in [1.82, 2.24) is 19.7 Å². The van der Waals surface area contributed by atoms with Gasteiger partial charge < -0.3 is 0 Å². The summed E-state index contributed by atoms with van der Waals surface area (Å²) in [6.45, 7) is 2.08. The number of rotatable bonds is 3. The van der Waals surface area contributed by atoms with E-state index in [4.69, 9.17) is 4.98 Å². The summed E-state index contributed by atoms with van der Waals surface area (Å²) < 4.78 is 27.4. The quantitative estimate of drug-likeness (QED) is 0.481. The number of nitrogens with zero attached hydrogens (tertiary/aromatic N) is 4. The lowest BCUT2D eigenvalue weighted by Gasteiger charge is -2.34. The fourth-order valence-corrected chi connectivity index (χ4v) is 5.23. The number of hydrogen-bond donors (Lipinski definition) is 0. The smallest absolute Gasteiger partial charge is 0.241 e. The number of hydrogen-bond acceptors (Lipinski definition) is 4. The van der Waals surface area contributed by atoms with Crippen molar-refractivity contribution in [2.75, 3.05) is 0 Å². The van der Waals surface area contributed by atoms with E-state index in [1.807, 2.05) is 25.4 Å². The molecule has 0 unspecified atom stereocenters. The molecule has 0 N–H and O–H groups in total. The Morgan fingerprint density at radius 2 is 2.07 bits per heavy atom. The van der Waals surface area contributed by atoms with Gasteiger partial charge in [0.2, 0.25) is 6.43 Å². The summed E-state index contributed by atoms with van der Waals surface area (Å²) in [4.78, 5) is 11.4. The molecule has 0 bridgehead atoms.